The Morgan fingerprint density at radius 1 is 0.807 bits per heavy atom. The number of rotatable bonds is 18. The number of ether oxygens (including phenoxy) is 2. The van der Waals surface area contributed by atoms with E-state index >= 15 is 0 Å². The Bertz CT molecular complexity index is 1740. The summed E-state index contributed by atoms with van der Waals surface area (Å²) >= 11 is 2.48. The largest absolute Gasteiger partial charge is 2.00 e. The number of nitrogens with one attached hydrogen (secondary N) is 1. The fourth-order valence-electron chi connectivity index (χ4n) is 5.59. The van der Waals surface area contributed by atoms with Gasteiger partial charge in [-0.05, 0) is 38.0 Å². The molecule has 8 N–H and O–H groups in total. The van der Waals surface area contributed by atoms with Crippen molar-refractivity contribution in [3.63, 3.8) is 0 Å². The normalized spacial score (nSPS) is 22.1. The second-order valence-electron chi connectivity index (χ2n) is 12.6. The Hall–Kier alpha value is -3.94. The molecule has 4 aliphatic heterocycles. The van der Waals surface area contributed by atoms with Gasteiger partial charge in [0.05, 0.1) is 5.97 Å². The summed E-state index contributed by atoms with van der Waals surface area (Å²) in [6, 6.07) is -4.10. The number of carboxylic acids is 4. The fraction of sp³-hybridized carbons (Fsp3) is 0.562. The quantitative estimate of drug-likeness (QED) is 0.0249. The van der Waals surface area contributed by atoms with Crippen molar-refractivity contribution in [1.82, 2.24) is 15.1 Å². The topological polar surface area (TPSA) is 362 Å². The van der Waals surface area contributed by atoms with E-state index in [1.807, 2.05) is 0 Å². The molecule has 0 aromatic heterocycles. The number of carbonyl (C=O) groups is 9. The van der Waals surface area contributed by atoms with Crippen LogP contribution in [0.3, 0.4) is 0 Å². The Kier molecular flexibility index (Phi) is 19.2. The first-order valence-corrected chi connectivity index (χ1v) is 18.9. The van der Waals surface area contributed by atoms with Gasteiger partial charge in [-0.3, -0.25) is 43.6 Å². The summed E-state index contributed by atoms with van der Waals surface area (Å²) in [4.78, 5) is 109. The molecule has 0 saturated carbocycles. The summed E-state index contributed by atoms with van der Waals surface area (Å²) in [5.74, 6) is -8.11. The van der Waals surface area contributed by atoms with Crippen molar-refractivity contribution in [3.05, 3.63) is 22.5 Å². The van der Waals surface area contributed by atoms with Gasteiger partial charge in [-0.1, -0.05) is 0 Å². The minimum atomic E-state index is -1.41. The van der Waals surface area contributed by atoms with E-state index in [4.69, 9.17) is 26.0 Å². The molecule has 57 heavy (non-hydrogen) atoms. The average Bonchev–Trinajstić information content (AvgIpc) is 3.13. The molecule has 0 aromatic carbocycles. The molecule has 0 spiro atoms. The van der Waals surface area contributed by atoms with Gasteiger partial charge < -0.3 is 56.6 Å². The van der Waals surface area contributed by atoms with E-state index in [-0.39, 0.29) is 112 Å². The molecule has 4 aliphatic rings. The summed E-state index contributed by atoms with van der Waals surface area (Å²) in [6.45, 7) is 1.93. The second kappa shape index (κ2) is 22.3. The summed E-state index contributed by atoms with van der Waals surface area (Å²) in [5, 5.41) is 51.4. The van der Waals surface area contributed by atoms with Crippen LogP contribution in [0.15, 0.2) is 27.5 Å². The third-order valence-corrected chi connectivity index (χ3v) is 11.1. The molecule has 0 aliphatic carbocycles. The minimum absolute atomic E-state index is 0. The Morgan fingerprint density at radius 3 is 1.75 bits per heavy atom. The molecule has 0 radical (unpaired) electrons. The molecule has 308 valence electrons. The number of hydrogen-bond acceptors (Lipinski definition) is 18. The summed E-state index contributed by atoms with van der Waals surface area (Å²) in [5.41, 5.74) is 10.8. The average molecular weight is 869 g/mol. The van der Waals surface area contributed by atoms with Crippen molar-refractivity contribution >= 4 is 121 Å². The van der Waals surface area contributed by atoms with Gasteiger partial charge in [0.2, 0.25) is 5.91 Å². The van der Waals surface area contributed by atoms with Crippen LogP contribution in [0.25, 0.3) is 0 Å². The van der Waals surface area contributed by atoms with Crippen LogP contribution >= 0.6 is 23.5 Å². The molecule has 3 amide bonds. The van der Waals surface area contributed by atoms with Gasteiger partial charge in [0.1, 0.15) is 47.4 Å². The molecule has 1 unspecified atom stereocenters. The third-order valence-electron chi connectivity index (χ3n) is 8.42. The SMILES string of the molecule is CC(=O)OCC1=C(C(=O)O)N2C(=O)[C@@H](N=C([O-])CCCC(N)C(=O)[O-])[C@H]2SC1.CC(=O)OCC1=C(C(=O)O)N2C(=O)[C@@H](NC(=O)CCC[C@@H](N)C(=O)O)[C@H]2SC1.[Ca+2]. The van der Waals surface area contributed by atoms with Crippen molar-refractivity contribution in [3.8, 4) is 0 Å². The van der Waals surface area contributed by atoms with Crippen LogP contribution in [0.2, 0.25) is 0 Å². The summed E-state index contributed by atoms with van der Waals surface area (Å²) < 4.78 is 9.67. The van der Waals surface area contributed by atoms with Crippen LogP contribution in [-0.2, 0) is 52.6 Å². The predicted octanol–water partition coefficient (Wildman–Crippen LogP) is -4.33. The van der Waals surface area contributed by atoms with E-state index in [1.165, 1.54) is 37.4 Å². The number of nitrogens with two attached hydrogens (primary N) is 2. The number of carbonyl (C=O) groups excluding carboxylic acids is 6. The molecule has 22 nitrogen and oxygen atoms in total. The molecule has 4 heterocycles. The van der Waals surface area contributed by atoms with Crippen LogP contribution in [-0.4, -0.2) is 182 Å². The molecule has 4 rings (SSSR count). The van der Waals surface area contributed by atoms with Crippen LogP contribution < -0.4 is 27.0 Å². The molecule has 2 saturated heterocycles. The second-order valence-corrected chi connectivity index (χ2v) is 14.8. The molecule has 6 atom stereocenters. The maximum Gasteiger partial charge on any atom is 2.00 e. The first-order chi connectivity index (χ1) is 26.3. The molecular formula is C32H40CaN6O16S2. The number of aliphatic imine (C=N–C) groups is 1. The monoisotopic (exact) mass is 868 g/mol. The third kappa shape index (κ3) is 13.0. The van der Waals surface area contributed by atoms with Gasteiger partial charge in [0, 0.05) is 49.0 Å². The van der Waals surface area contributed by atoms with Crippen LogP contribution in [0.1, 0.15) is 52.4 Å². The van der Waals surface area contributed by atoms with E-state index in [2.05, 4.69) is 10.3 Å². The van der Waals surface area contributed by atoms with Gasteiger partial charge in [-0.15, -0.1) is 23.5 Å². The maximum atomic E-state index is 12.4. The van der Waals surface area contributed by atoms with Gasteiger partial charge in [0.25, 0.3) is 11.8 Å². The number of carboxylic acid groups (broad SMARTS) is 4. The van der Waals surface area contributed by atoms with E-state index in [0.717, 1.165) is 9.80 Å². The van der Waals surface area contributed by atoms with Gasteiger partial charge >= 0.3 is 67.6 Å². The van der Waals surface area contributed by atoms with Gasteiger partial charge in [-0.25, -0.2) is 9.59 Å². The number of thioether (sulfide) groups is 2. The smallest absolute Gasteiger partial charge is 0.862 e. The van der Waals surface area contributed by atoms with Gasteiger partial charge in [0.15, 0.2) is 6.04 Å². The Labute approximate surface area is 362 Å². The van der Waals surface area contributed by atoms with Crippen LogP contribution in [0.5, 0.6) is 0 Å². The molecule has 25 heteroatoms. The number of nitrogens with zero attached hydrogens (tertiary/aromatic N) is 3. The Morgan fingerprint density at radius 2 is 1.28 bits per heavy atom. The minimum Gasteiger partial charge on any atom is -0.862 e. The first-order valence-electron chi connectivity index (χ1n) is 16.8. The van der Waals surface area contributed by atoms with E-state index < -0.39 is 94.4 Å². The molecule has 0 aromatic rings. The van der Waals surface area contributed by atoms with E-state index in [0.29, 0.717) is 11.1 Å². The molecular weight excluding hydrogens is 829 g/mol. The van der Waals surface area contributed by atoms with Crippen LogP contribution in [0, 0.1) is 0 Å². The van der Waals surface area contributed by atoms with Crippen molar-refractivity contribution in [1.29, 1.82) is 0 Å². The van der Waals surface area contributed by atoms with Crippen LogP contribution in [0.4, 0.5) is 0 Å². The molecule has 0 bridgehead atoms. The zero-order valence-corrected chi connectivity index (χ0v) is 34.5. The first kappa shape index (κ1) is 49.2. The summed E-state index contributed by atoms with van der Waals surface area (Å²) in [6.07, 6.45) is 0.499. The maximum absolute atomic E-state index is 12.4. The predicted molar refractivity (Wildman–Crippen MR) is 194 cm³/mol. The number of hydrogen-bond donors (Lipinski definition) is 6. The number of esters is 2. The molecule has 2 fully saturated rings. The van der Waals surface area contributed by atoms with E-state index in [1.54, 1.807) is 0 Å². The number of amides is 3. The number of fused-ring (bicyclic) bond motifs is 2. The zero-order valence-electron chi connectivity index (χ0n) is 30.7. The number of aliphatic carboxylic acids is 4. The zero-order chi connectivity index (χ0) is 42.0. The van der Waals surface area contributed by atoms with Crippen molar-refractivity contribution in [2.75, 3.05) is 24.7 Å². The fourth-order valence-corrected chi connectivity index (χ4v) is 8.23. The van der Waals surface area contributed by atoms with Crippen molar-refractivity contribution < 1.29 is 78.2 Å². The summed E-state index contributed by atoms with van der Waals surface area (Å²) in [7, 11) is 0. The number of β-lactam (4-membered cyclic amide) rings is 2. The van der Waals surface area contributed by atoms with E-state index in [9.17, 15) is 63.6 Å². The van der Waals surface area contributed by atoms with Gasteiger partial charge in [-0.2, -0.15) is 0 Å². The van der Waals surface area contributed by atoms with Crippen molar-refractivity contribution in [2.24, 2.45) is 16.5 Å². The van der Waals surface area contributed by atoms with Crippen molar-refractivity contribution in [2.45, 2.75) is 87.3 Å². The standard InChI is InChI=1S/2C16H21N3O8S.Ca/c2*1-7(20)27-5-8-6-28-14-11(13(22)19(14)12(8)16(25)26)18-10(21)4-2-3-9(17)15(23)24;/h2*9,11,14H,2-6,17H2,1H3,(H,18,21)(H,23,24)(H,25,26);/q;;+2/p-2/t9?,11-,14-;9-,11-,14-;/m11./s1. The Balaban J connectivity index is 0.000000387.